The molecule has 36 heavy (non-hydrogen) atoms. The Bertz CT molecular complexity index is 1070. The molecule has 4 nitrogen and oxygen atoms in total. The summed E-state index contributed by atoms with van der Waals surface area (Å²) in [6.07, 6.45) is 16.3. The van der Waals surface area contributed by atoms with Crippen molar-refractivity contribution >= 4 is 0 Å². The van der Waals surface area contributed by atoms with Crippen LogP contribution in [0.2, 0.25) is 0 Å². The molecular weight excluding hydrogens is 446 g/mol. The zero-order chi connectivity index (χ0) is 25.7. The molecule has 0 radical (unpaired) electrons. The molecule has 4 N–H and O–H groups in total. The van der Waals surface area contributed by atoms with Gasteiger partial charge in [-0.05, 0) is 105 Å². The maximum atomic E-state index is 11.1. The Labute approximate surface area is 216 Å². The third-order valence-corrected chi connectivity index (χ3v) is 10.3. The number of aromatic amines is 1. The van der Waals surface area contributed by atoms with Gasteiger partial charge in [-0.15, -0.1) is 0 Å². The molecule has 0 bridgehead atoms. The van der Waals surface area contributed by atoms with Gasteiger partial charge in [-0.2, -0.15) is 0 Å². The number of nitrogens with one attached hydrogen (secondary N) is 1. The lowest BCUT2D eigenvalue weighted by Gasteiger charge is -2.44. The summed E-state index contributed by atoms with van der Waals surface area (Å²) in [7, 11) is 0. The summed E-state index contributed by atoms with van der Waals surface area (Å²) in [5, 5.41) is 31.4. The number of H-pyrrole nitrogens is 1. The molecule has 196 valence electrons. The molecule has 4 heteroatoms. The van der Waals surface area contributed by atoms with E-state index in [0.717, 1.165) is 36.1 Å². The van der Waals surface area contributed by atoms with E-state index in [-0.39, 0.29) is 10.8 Å². The second-order valence-corrected chi connectivity index (χ2v) is 12.6. The van der Waals surface area contributed by atoms with Gasteiger partial charge in [0.1, 0.15) is 0 Å². The minimum atomic E-state index is -0.635. The molecular formula is C32H45NO3. The normalized spacial score (nSPS) is 38.0. The molecule has 4 fully saturated rings. The van der Waals surface area contributed by atoms with E-state index < -0.39 is 18.3 Å². The van der Waals surface area contributed by atoms with E-state index in [2.05, 4.69) is 68.8 Å². The van der Waals surface area contributed by atoms with E-state index in [1.54, 1.807) is 0 Å². The molecule has 0 amide bonds. The summed E-state index contributed by atoms with van der Waals surface area (Å²) in [6, 6.07) is 4.24. The van der Waals surface area contributed by atoms with Crippen LogP contribution in [0.5, 0.6) is 0 Å². The molecule has 1 aromatic rings. The predicted molar refractivity (Wildman–Crippen MR) is 145 cm³/mol. The average Bonchev–Trinajstić information content (AvgIpc) is 3.41. The van der Waals surface area contributed by atoms with Gasteiger partial charge in [0.2, 0.25) is 0 Å². The number of hydrogen-bond donors (Lipinski definition) is 4. The minimum absolute atomic E-state index is 0.120. The molecule has 1 heterocycles. The maximum absolute atomic E-state index is 11.1. The largest absolute Gasteiger partial charge is 0.393 e. The summed E-state index contributed by atoms with van der Waals surface area (Å²) < 4.78 is 0. The van der Waals surface area contributed by atoms with Gasteiger partial charge >= 0.3 is 0 Å². The molecule has 0 unspecified atom stereocenters. The lowest BCUT2D eigenvalue weighted by Crippen LogP contribution is -2.35. The van der Waals surface area contributed by atoms with Crippen molar-refractivity contribution in [1.82, 2.24) is 4.98 Å². The van der Waals surface area contributed by atoms with Gasteiger partial charge < -0.3 is 20.3 Å². The van der Waals surface area contributed by atoms with E-state index >= 15 is 0 Å². The highest BCUT2D eigenvalue weighted by molar-refractivity contribution is 5.39. The summed E-state index contributed by atoms with van der Waals surface area (Å²) in [5.41, 5.74) is 5.76. The average molecular weight is 492 g/mol. The van der Waals surface area contributed by atoms with Crippen LogP contribution in [0.15, 0.2) is 59.7 Å². The summed E-state index contributed by atoms with van der Waals surface area (Å²) in [6.45, 7) is 11.0. The minimum Gasteiger partial charge on any atom is -0.393 e. The molecule has 0 saturated heterocycles. The topological polar surface area (TPSA) is 76.5 Å². The van der Waals surface area contributed by atoms with Crippen LogP contribution in [0.25, 0.3) is 0 Å². The third kappa shape index (κ3) is 4.61. The molecule has 0 spiro atoms. The van der Waals surface area contributed by atoms with Crippen LogP contribution in [-0.2, 0) is 5.41 Å². The Hall–Kier alpha value is -1.88. The Morgan fingerprint density at radius 3 is 2.58 bits per heavy atom. The zero-order valence-corrected chi connectivity index (χ0v) is 22.3. The SMILES string of the molecule is C=C1/C(=C\C=C2/CCC[C@]3(C)[C@@H]([C@H](C)/C=C/[C@H](O)C4(c5ccc(C)[nH]5)CC4)CC[C@@H]23)C[C@@H](O)C[C@@H]1O. The van der Waals surface area contributed by atoms with Crippen LogP contribution >= 0.6 is 0 Å². The number of fused-ring (bicyclic) bond motifs is 1. The Morgan fingerprint density at radius 2 is 1.89 bits per heavy atom. The lowest BCUT2D eigenvalue weighted by molar-refractivity contribution is 0.0862. The van der Waals surface area contributed by atoms with Gasteiger partial charge in [-0.1, -0.05) is 50.3 Å². The van der Waals surface area contributed by atoms with Crippen LogP contribution < -0.4 is 0 Å². The van der Waals surface area contributed by atoms with Crippen LogP contribution in [-0.4, -0.2) is 38.6 Å². The van der Waals surface area contributed by atoms with Crippen molar-refractivity contribution in [3.63, 3.8) is 0 Å². The van der Waals surface area contributed by atoms with E-state index in [1.807, 2.05) is 0 Å². The van der Waals surface area contributed by atoms with Crippen LogP contribution in [0.1, 0.15) is 83.0 Å². The van der Waals surface area contributed by atoms with Crippen LogP contribution in [0.3, 0.4) is 0 Å². The first-order valence-corrected chi connectivity index (χ1v) is 14.1. The van der Waals surface area contributed by atoms with E-state index in [1.165, 1.54) is 37.0 Å². The molecule has 0 aromatic carbocycles. The fraction of sp³-hybridized carbons (Fsp3) is 0.625. The van der Waals surface area contributed by atoms with Gasteiger partial charge in [0.25, 0.3) is 0 Å². The molecule has 4 aliphatic rings. The van der Waals surface area contributed by atoms with Crippen LogP contribution in [0, 0.1) is 30.1 Å². The first-order valence-electron chi connectivity index (χ1n) is 14.1. The Kier molecular flexibility index (Phi) is 6.99. The number of allylic oxidation sites excluding steroid dienone is 4. The van der Waals surface area contributed by atoms with Gasteiger partial charge in [-0.3, -0.25) is 0 Å². The van der Waals surface area contributed by atoms with Gasteiger partial charge in [0.15, 0.2) is 0 Å². The molecule has 4 aliphatic carbocycles. The van der Waals surface area contributed by atoms with Crippen molar-refractivity contribution in [1.29, 1.82) is 0 Å². The standard InChI is InChI=1S/C32H45NO3/c1-20(7-14-30(36)32(16-17-32)29-13-8-21(2)33-29)26-11-12-27-23(6-5-15-31(26,27)4)9-10-24-18-25(34)19-28(35)22(24)3/h7-10,13-14,20,25-28,30,33-36H,3,5-6,11-12,15-19H2,1-2,4H3/b14-7+,23-9+,24-10-/t20-,25-,26-,27+,28+,30+,31-/m1/s1. The van der Waals surface area contributed by atoms with Crippen molar-refractivity contribution in [2.24, 2.45) is 23.2 Å². The summed E-state index contributed by atoms with van der Waals surface area (Å²) >= 11 is 0. The number of rotatable bonds is 6. The first kappa shape index (κ1) is 25.8. The van der Waals surface area contributed by atoms with Gasteiger partial charge in [0.05, 0.1) is 18.3 Å². The van der Waals surface area contributed by atoms with Crippen molar-refractivity contribution in [3.8, 4) is 0 Å². The van der Waals surface area contributed by atoms with Gasteiger partial charge in [-0.25, -0.2) is 0 Å². The summed E-state index contributed by atoms with van der Waals surface area (Å²) in [5.74, 6) is 1.62. The van der Waals surface area contributed by atoms with Crippen molar-refractivity contribution in [2.75, 3.05) is 0 Å². The highest BCUT2D eigenvalue weighted by Crippen LogP contribution is 2.59. The monoisotopic (exact) mass is 491 g/mol. The second-order valence-electron chi connectivity index (χ2n) is 12.6. The Morgan fingerprint density at radius 1 is 1.11 bits per heavy atom. The maximum Gasteiger partial charge on any atom is 0.0831 e. The molecule has 7 atom stereocenters. The van der Waals surface area contributed by atoms with E-state index in [0.29, 0.717) is 30.6 Å². The van der Waals surface area contributed by atoms with E-state index in [9.17, 15) is 15.3 Å². The molecule has 4 saturated carbocycles. The first-order chi connectivity index (χ1) is 17.1. The smallest absolute Gasteiger partial charge is 0.0831 e. The third-order valence-electron chi connectivity index (χ3n) is 10.3. The van der Waals surface area contributed by atoms with Crippen molar-refractivity contribution in [2.45, 2.75) is 102 Å². The van der Waals surface area contributed by atoms with Crippen molar-refractivity contribution < 1.29 is 15.3 Å². The fourth-order valence-electron chi connectivity index (χ4n) is 7.86. The number of aromatic nitrogens is 1. The van der Waals surface area contributed by atoms with Crippen molar-refractivity contribution in [3.05, 3.63) is 71.1 Å². The van der Waals surface area contributed by atoms with E-state index in [4.69, 9.17) is 0 Å². The molecule has 0 aliphatic heterocycles. The fourth-order valence-corrected chi connectivity index (χ4v) is 7.86. The number of aliphatic hydroxyl groups excluding tert-OH is 3. The lowest BCUT2D eigenvalue weighted by atomic mass is 9.61. The van der Waals surface area contributed by atoms with Gasteiger partial charge in [0, 0.05) is 23.2 Å². The summed E-state index contributed by atoms with van der Waals surface area (Å²) in [4.78, 5) is 3.46. The molecule has 5 rings (SSSR count). The highest BCUT2D eigenvalue weighted by Gasteiger charge is 2.52. The predicted octanol–water partition coefficient (Wildman–Crippen LogP) is 6.05. The molecule has 1 aromatic heterocycles. The number of aryl methyl sites for hydroxylation is 1. The second kappa shape index (κ2) is 9.78. The van der Waals surface area contributed by atoms with Crippen LogP contribution in [0.4, 0.5) is 0 Å². The number of aliphatic hydroxyl groups is 3. The highest BCUT2D eigenvalue weighted by atomic mass is 16.3. The number of hydrogen-bond acceptors (Lipinski definition) is 3. The quantitative estimate of drug-likeness (QED) is 0.366. The Balaban J connectivity index is 1.29. The zero-order valence-electron chi connectivity index (χ0n) is 22.3.